The summed E-state index contributed by atoms with van der Waals surface area (Å²) >= 11 is 0. The van der Waals surface area contributed by atoms with Crippen LogP contribution in [0.2, 0.25) is 0 Å². The fourth-order valence-corrected chi connectivity index (χ4v) is 5.12. The van der Waals surface area contributed by atoms with E-state index in [2.05, 4.69) is 70.5 Å². The van der Waals surface area contributed by atoms with Crippen LogP contribution in [0.3, 0.4) is 0 Å². The van der Waals surface area contributed by atoms with E-state index in [9.17, 15) is 4.79 Å². The van der Waals surface area contributed by atoms with E-state index >= 15 is 0 Å². The van der Waals surface area contributed by atoms with Crippen LogP contribution in [-0.2, 0) is 17.8 Å². The molecule has 2 aliphatic heterocycles. The van der Waals surface area contributed by atoms with Crippen LogP contribution in [0.4, 0.5) is 11.4 Å². The molecule has 5 rings (SSSR count). The van der Waals surface area contributed by atoms with E-state index in [0.717, 1.165) is 62.6 Å². The number of para-hydroxylation sites is 1. The van der Waals surface area contributed by atoms with Crippen LogP contribution in [0.5, 0.6) is 5.75 Å². The van der Waals surface area contributed by atoms with Crippen molar-refractivity contribution in [3.63, 3.8) is 0 Å². The van der Waals surface area contributed by atoms with E-state index in [0.29, 0.717) is 19.6 Å². The Hall–Kier alpha value is -3.31. The lowest BCUT2D eigenvalue weighted by molar-refractivity contribution is -0.119. The van der Waals surface area contributed by atoms with Gasteiger partial charge in [-0.1, -0.05) is 54.6 Å². The molecule has 0 spiro atoms. The number of rotatable bonds is 8. The first-order valence-corrected chi connectivity index (χ1v) is 12.9. The zero-order valence-electron chi connectivity index (χ0n) is 20.4. The molecule has 1 fully saturated rings. The third-order valence-corrected chi connectivity index (χ3v) is 7.04. The molecule has 0 aromatic heterocycles. The Bertz CT molecular complexity index is 1100. The van der Waals surface area contributed by atoms with Gasteiger partial charge in [0, 0.05) is 44.4 Å². The van der Waals surface area contributed by atoms with Crippen molar-refractivity contribution in [1.29, 1.82) is 0 Å². The van der Waals surface area contributed by atoms with Gasteiger partial charge in [-0.3, -0.25) is 4.79 Å². The SMILES string of the molecule is O=C1CCc2ccc(OCCCN3CCCN(c4ccccc4)CC3)cc2N1Cc1ccccc1. The zero-order valence-corrected chi connectivity index (χ0v) is 20.4. The monoisotopic (exact) mass is 469 g/mol. The Labute approximate surface area is 208 Å². The minimum absolute atomic E-state index is 0.184. The van der Waals surface area contributed by atoms with Crippen molar-refractivity contribution in [3.05, 3.63) is 90.0 Å². The summed E-state index contributed by atoms with van der Waals surface area (Å²) in [6, 6.07) is 27.2. The van der Waals surface area contributed by atoms with Gasteiger partial charge >= 0.3 is 0 Å². The Balaban J connectivity index is 1.13. The first-order chi connectivity index (χ1) is 17.3. The lowest BCUT2D eigenvalue weighted by Gasteiger charge is -2.30. The van der Waals surface area contributed by atoms with Crippen molar-refractivity contribution >= 4 is 17.3 Å². The lowest BCUT2D eigenvalue weighted by atomic mass is 10.00. The number of carbonyl (C=O) groups is 1. The van der Waals surface area contributed by atoms with E-state index in [1.54, 1.807) is 0 Å². The fourth-order valence-electron chi connectivity index (χ4n) is 5.12. The number of anilines is 2. The smallest absolute Gasteiger partial charge is 0.227 e. The highest BCUT2D eigenvalue weighted by Crippen LogP contribution is 2.32. The van der Waals surface area contributed by atoms with Crippen LogP contribution >= 0.6 is 0 Å². The largest absolute Gasteiger partial charge is 0.493 e. The second kappa shape index (κ2) is 11.4. The number of hydrogen-bond acceptors (Lipinski definition) is 4. The molecule has 3 aromatic rings. The summed E-state index contributed by atoms with van der Waals surface area (Å²) in [5, 5.41) is 0. The number of benzene rings is 3. The van der Waals surface area contributed by atoms with Crippen LogP contribution in [0.15, 0.2) is 78.9 Å². The molecular weight excluding hydrogens is 434 g/mol. The molecule has 1 amide bonds. The molecule has 2 heterocycles. The number of nitrogens with zero attached hydrogens (tertiary/aromatic N) is 3. The van der Waals surface area contributed by atoms with Gasteiger partial charge in [0.25, 0.3) is 0 Å². The van der Waals surface area contributed by atoms with Gasteiger partial charge in [0.15, 0.2) is 0 Å². The minimum Gasteiger partial charge on any atom is -0.493 e. The highest BCUT2D eigenvalue weighted by molar-refractivity contribution is 5.96. The molecule has 0 saturated carbocycles. The van der Waals surface area contributed by atoms with Crippen LogP contribution in [-0.4, -0.2) is 50.1 Å². The predicted molar refractivity (Wildman–Crippen MR) is 142 cm³/mol. The van der Waals surface area contributed by atoms with Gasteiger partial charge in [0.2, 0.25) is 5.91 Å². The normalized spacial score (nSPS) is 16.6. The summed E-state index contributed by atoms with van der Waals surface area (Å²) in [6.07, 6.45) is 3.55. The summed E-state index contributed by atoms with van der Waals surface area (Å²) in [7, 11) is 0. The predicted octanol–water partition coefficient (Wildman–Crippen LogP) is 5.15. The van der Waals surface area contributed by atoms with Gasteiger partial charge in [-0.15, -0.1) is 0 Å². The summed E-state index contributed by atoms with van der Waals surface area (Å²) < 4.78 is 6.14. The Morgan fingerprint density at radius 1 is 0.800 bits per heavy atom. The Kier molecular flexibility index (Phi) is 7.64. The molecular formula is C30H35N3O2. The molecule has 0 radical (unpaired) electrons. The van der Waals surface area contributed by atoms with Gasteiger partial charge in [-0.25, -0.2) is 0 Å². The van der Waals surface area contributed by atoms with Crippen LogP contribution in [0.1, 0.15) is 30.4 Å². The molecule has 35 heavy (non-hydrogen) atoms. The second-order valence-electron chi connectivity index (χ2n) is 9.48. The Morgan fingerprint density at radius 3 is 2.43 bits per heavy atom. The molecule has 2 aliphatic rings. The first-order valence-electron chi connectivity index (χ1n) is 12.9. The fraction of sp³-hybridized carbons (Fsp3) is 0.367. The standard InChI is InChI=1S/C30H35N3O2/c34-30-16-14-26-13-15-28(23-29(26)33(30)24-25-9-3-1-4-10-25)35-22-8-18-31-17-7-19-32(21-20-31)27-11-5-2-6-12-27/h1-6,9-13,15,23H,7-8,14,16-22,24H2. The molecule has 0 N–H and O–H groups in total. The Morgan fingerprint density at radius 2 is 1.60 bits per heavy atom. The number of carbonyl (C=O) groups excluding carboxylic acids is 1. The maximum absolute atomic E-state index is 12.7. The third-order valence-electron chi connectivity index (χ3n) is 7.04. The quantitative estimate of drug-likeness (QED) is 0.428. The van der Waals surface area contributed by atoms with Gasteiger partial charge in [-0.2, -0.15) is 0 Å². The number of fused-ring (bicyclic) bond motifs is 1. The lowest BCUT2D eigenvalue weighted by Crippen LogP contribution is -2.34. The van der Waals surface area contributed by atoms with Crippen LogP contribution in [0.25, 0.3) is 0 Å². The highest BCUT2D eigenvalue weighted by Gasteiger charge is 2.25. The summed E-state index contributed by atoms with van der Waals surface area (Å²) in [5.74, 6) is 1.03. The molecule has 5 nitrogen and oxygen atoms in total. The highest BCUT2D eigenvalue weighted by atomic mass is 16.5. The first kappa shape index (κ1) is 23.4. The molecule has 0 atom stereocenters. The molecule has 1 saturated heterocycles. The third kappa shape index (κ3) is 6.04. The van der Waals surface area contributed by atoms with Crippen molar-refractivity contribution in [2.24, 2.45) is 0 Å². The molecule has 0 bridgehead atoms. The average molecular weight is 470 g/mol. The molecule has 5 heteroatoms. The minimum atomic E-state index is 0.184. The van der Waals surface area contributed by atoms with E-state index in [1.165, 1.54) is 17.7 Å². The summed E-state index contributed by atoms with van der Waals surface area (Å²) in [4.78, 5) is 19.7. The van der Waals surface area contributed by atoms with E-state index in [1.807, 2.05) is 23.1 Å². The van der Waals surface area contributed by atoms with Crippen molar-refractivity contribution in [2.45, 2.75) is 32.2 Å². The van der Waals surface area contributed by atoms with Crippen molar-refractivity contribution in [1.82, 2.24) is 4.90 Å². The number of ether oxygens (including phenoxy) is 1. The zero-order chi connectivity index (χ0) is 23.9. The van der Waals surface area contributed by atoms with Gasteiger partial charge in [0.1, 0.15) is 5.75 Å². The van der Waals surface area contributed by atoms with E-state index < -0.39 is 0 Å². The van der Waals surface area contributed by atoms with Crippen molar-refractivity contribution in [2.75, 3.05) is 49.1 Å². The topological polar surface area (TPSA) is 36.0 Å². The maximum atomic E-state index is 12.7. The number of amides is 1. The molecule has 182 valence electrons. The second-order valence-corrected chi connectivity index (χ2v) is 9.48. The average Bonchev–Trinajstić information content (AvgIpc) is 3.15. The maximum Gasteiger partial charge on any atom is 0.227 e. The molecule has 0 aliphatic carbocycles. The van der Waals surface area contributed by atoms with Gasteiger partial charge in [-0.05, 0) is 55.1 Å². The summed E-state index contributed by atoms with van der Waals surface area (Å²) in [6.45, 7) is 6.75. The van der Waals surface area contributed by atoms with Gasteiger partial charge in [0.05, 0.1) is 18.8 Å². The summed E-state index contributed by atoms with van der Waals surface area (Å²) in [5.41, 5.74) is 4.68. The number of aryl methyl sites for hydroxylation is 1. The molecule has 0 unspecified atom stereocenters. The van der Waals surface area contributed by atoms with Crippen LogP contribution < -0.4 is 14.5 Å². The van der Waals surface area contributed by atoms with E-state index in [-0.39, 0.29) is 5.91 Å². The molecule has 3 aromatic carbocycles. The number of hydrogen-bond donors (Lipinski definition) is 0. The van der Waals surface area contributed by atoms with Crippen molar-refractivity contribution in [3.8, 4) is 5.75 Å². The van der Waals surface area contributed by atoms with Gasteiger partial charge < -0.3 is 19.4 Å². The van der Waals surface area contributed by atoms with Crippen molar-refractivity contribution < 1.29 is 9.53 Å². The van der Waals surface area contributed by atoms with E-state index in [4.69, 9.17) is 4.74 Å². The van der Waals surface area contributed by atoms with Crippen LogP contribution in [0, 0.1) is 0 Å².